The van der Waals surface area contributed by atoms with Crippen LogP contribution in [0.1, 0.15) is 48.5 Å². The first kappa shape index (κ1) is 22.4. The maximum atomic E-state index is 12.9. The molecule has 1 amide bonds. The van der Waals surface area contributed by atoms with Crippen molar-refractivity contribution < 1.29 is 18.0 Å². The molecule has 0 bridgehead atoms. The van der Waals surface area contributed by atoms with E-state index in [1.807, 2.05) is 4.90 Å². The van der Waals surface area contributed by atoms with Crippen LogP contribution in [0.4, 0.5) is 13.2 Å². The summed E-state index contributed by atoms with van der Waals surface area (Å²) in [5, 5.41) is 3.53. The van der Waals surface area contributed by atoms with Crippen molar-refractivity contribution in [2.75, 3.05) is 13.1 Å². The van der Waals surface area contributed by atoms with E-state index in [-0.39, 0.29) is 36.6 Å². The first-order valence-corrected chi connectivity index (χ1v) is 9.02. The number of carbonyl (C=O) groups excluding carboxylic acids is 1. The van der Waals surface area contributed by atoms with Gasteiger partial charge in [0.2, 0.25) is 5.91 Å². The van der Waals surface area contributed by atoms with E-state index < -0.39 is 12.0 Å². The minimum absolute atomic E-state index is 0. The molecule has 3 rings (SSSR count). The lowest BCUT2D eigenvalue weighted by Crippen LogP contribution is -2.47. The van der Waals surface area contributed by atoms with Crippen LogP contribution in [0.5, 0.6) is 0 Å². The van der Waals surface area contributed by atoms with E-state index in [0.717, 1.165) is 29.3 Å². The molecule has 28 heavy (non-hydrogen) atoms. The normalized spacial score (nSPS) is 17.6. The standard InChI is InChI=1S/C17H23F3N6O.ClH/c1-10-13(6-7-14(27)25-8-4-3-5-12(25)9-21)11(2)26-16(22-10)23-15(24-26)17(18,19)20;/h12H,3-9,21H2,1-2H3;1H. The molecule has 0 aromatic carbocycles. The minimum atomic E-state index is -4.63. The lowest BCUT2D eigenvalue weighted by molar-refractivity contribution is -0.144. The van der Waals surface area contributed by atoms with E-state index in [4.69, 9.17) is 5.73 Å². The molecule has 0 spiro atoms. The van der Waals surface area contributed by atoms with Crippen molar-refractivity contribution in [3.05, 3.63) is 22.8 Å². The Morgan fingerprint density at radius 1 is 1.25 bits per heavy atom. The van der Waals surface area contributed by atoms with Gasteiger partial charge in [0.15, 0.2) is 0 Å². The summed E-state index contributed by atoms with van der Waals surface area (Å²) in [4.78, 5) is 22.1. The van der Waals surface area contributed by atoms with Crippen LogP contribution in [-0.4, -0.2) is 49.5 Å². The molecule has 1 aliphatic heterocycles. The molecule has 1 aliphatic rings. The Kier molecular flexibility index (Phi) is 6.87. The zero-order valence-electron chi connectivity index (χ0n) is 15.8. The fourth-order valence-corrected chi connectivity index (χ4v) is 3.64. The number of nitrogens with two attached hydrogens (primary N) is 1. The number of hydrogen-bond donors (Lipinski definition) is 1. The Morgan fingerprint density at radius 2 is 1.96 bits per heavy atom. The summed E-state index contributed by atoms with van der Waals surface area (Å²) in [6, 6.07) is 0.0682. The van der Waals surface area contributed by atoms with Crippen LogP contribution in [0.3, 0.4) is 0 Å². The van der Waals surface area contributed by atoms with Crippen molar-refractivity contribution in [1.29, 1.82) is 0 Å². The van der Waals surface area contributed by atoms with E-state index in [1.165, 1.54) is 0 Å². The molecule has 2 aromatic heterocycles. The molecule has 2 aromatic rings. The van der Waals surface area contributed by atoms with Crippen LogP contribution in [-0.2, 0) is 17.4 Å². The molecule has 1 saturated heterocycles. The Morgan fingerprint density at radius 3 is 2.61 bits per heavy atom. The quantitative estimate of drug-likeness (QED) is 0.820. The van der Waals surface area contributed by atoms with Crippen LogP contribution in [0.15, 0.2) is 0 Å². The van der Waals surface area contributed by atoms with Crippen LogP contribution in [0.2, 0.25) is 0 Å². The van der Waals surface area contributed by atoms with Gasteiger partial charge in [-0.3, -0.25) is 4.79 Å². The van der Waals surface area contributed by atoms with Gasteiger partial charge in [-0.2, -0.15) is 18.2 Å². The maximum Gasteiger partial charge on any atom is 0.453 e. The first-order valence-electron chi connectivity index (χ1n) is 9.02. The SMILES string of the molecule is Cc1nc2nc(C(F)(F)F)nn2c(C)c1CCC(=O)N1CCCCC1CN.Cl. The third-order valence-corrected chi connectivity index (χ3v) is 5.11. The molecule has 156 valence electrons. The molecule has 11 heteroatoms. The number of alkyl halides is 3. The molecule has 0 aliphatic carbocycles. The molecule has 1 atom stereocenters. The van der Waals surface area contributed by atoms with Crippen molar-refractivity contribution >= 4 is 24.1 Å². The fraction of sp³-hybridized carbons (Fsp3) is 0.647. The number of rotatable bonds is 4. The van der Waals surface area contributed by atoms with Crippen LogP contribution < -0.4 is 5.73 Å². The number of fused-ring (bicyclic) bond motifs is 1. The van der Waals surface area contributed by atoms with E-state index in [2.05, 4.69) is 15.1 Å². The molecule has 2 N–H and O–H groups in total. The number of hydrogen-bond acceptors (Lipinski definition) is 5. The number of piperidine rings is 1. The maximum absolute atomic E-state index is 12.9. The van der Waals surface area contributed by atoms with Gasteiger partial charge in [-0.15, -0.1) is 17.5 Å². The second-order valence-corrected chi connectivity index (χ2v) is 6.88. The van der Waals surface area contributed by atoms with E-state index in [9.17, 15) is 18.0 Å². The second-order valence-electron chi connectivity index (χ2n) is 6.88. The summed E-state index contributed by atoms with van der Waals surface area (Å²) in [5.41, 5.74) is 7.56. The van der Waals surface area contributed by atoms with Gasteiger partial charge in [-0.25, -0.2) is 9.50 Å². The van der Waals surface area contributed by atoms with Gasteiger partial charge in [0.05, 0.1) is 0 Å². The van der Waals surface area contributed by atoms with Gasteiger partial charge in [0, 0.05) is 36.9 Å². The number of halogens is 4. The monoisotopic (exact) mass is 420 g/mol. The number of likely N-dealkylation sites (tertiary alicyclic amines) is 1. The third-order valence-electron chi connectivity index (χ3n) is 5.11. The fourth-order valence-electron chi connectivity index (χ4n) is 3.64. The highest BCUT2D eigenvalue weighted by atomic mass is 35.5. The number of nitrogens with zero attached hydrogens (tertiary/aromatic N) is 5. The highest BCUT2D eigenvalue weighted by molar-refractivity contribution is 5.85. The Bertz CT molecular complexity index is 854. The predicted octanol–water partition coefficient (Wildman–Crippen LogP) is 2.45. The highest BCUT2D eigenvalue weighted by Gasteiger charge is 2.37. The lowest BCUT2D eigenvalue weighted by atomic mass is 10.0. The van der Waals surface area contributed by atoms with Gasteiger partial charge in [0.1, 0.15) is 0 Å². The summed E-state index contributed by atoms with van der Waals surface area (Å²) in [6.45, 7) is 4.52. The zero-order chi connectivity index (χ0) is 19.8. The van der Waals surface area contributed by atoms with Gasteiger partial charge in [-0.1, -0.05) is 0 Å². The summed E-state index contributed by atoms with van der Waals surface area (Å²) in [7, 11) is 0. The number of carbonyl (C=O) groups is 1. The molecule has 0 radical (unpaired) electrons. The van der Waals surface area contributed by atoms with Crippen molar-refractivity contribution in [2.45, 2.75) is 58.2 Å². The second kappa shape index (κ2) is 8.60. The third kappa shape index (κ3) is 4.38. The largest absolute Gasteiger partial charge is 0.453 e. The summed E-state index contributed by atoms with van der Waals surface area (Å²) < 4.78 is 39.7. The number of aromatic nitrogens is 4. The summed E-state index contributed by atoms with van der Waals surface area (Å²) in [6.07, 6.45) is -1.05. The minimum Gasteiger partial charge on any atom is -0.338 e. The molecular formula is C17H24ClF3N6O. The van der Waals surface area contributed by atoms with E-state index in [1.54, 1.807) is 13.8 Å². The first-order chi connectivity index (χ1) is 12.7. The lowest BCUT2D eigenvalue weighted by Gasteiger charge is -2.35. The number of amides is 1. The van der Waals surface area contributed by atoms with Gasteiger partial charge >= 0.3 is 6.18 Å². The van der Waals surface area contributed by atoms with Crippen LogP contribution in [0.25, 0.3) is 5.78 Å². The number of aryl methyl sites for hydroxylation is 2. The molecule has 3 heterocycles. The van der Waals surface area contributed by atoms with Crippen molar-refractivity contribution in [3.8, 4) is 0 Å². The van der Waals surface area contributed by atoms with Gasteiger partial charge in [-0.05, 0) is 45.1 Å². The average Bonchev–Trinajstić information content (AvgIpc) is 3.05. The topological polar surface area (TPSA) is 89.4 Å². The molecular weight excluding hydrogens is 397 g/mol. The molecule has 0 saturated carbocycles. The van der Waals surface area contributed by atoms with Gasteiger partial charge in [0.25, 0.3) is 11.6 Å². The Balaban J connectivity index is 0.00000280. The van der Waals surface area contributed by atoms with Crippen molar-refractivity contribution in [1.82, 2.24) is 24.5 Å². The zero-order valence-corrected chi connectivity index (χ0v) is 16.6. The average molecular weight is 421 g/mol. The van der Waals surface area contributed by atoms with Gasteiger partial charge < -0.3 is 10.6 Å². The van der Waals surface area contributed by atoms with Crippen LogP contribution in [0, 0.1) is 13.8 Å². The molecule has 1 fully saturated rings. The predicted molar refractivity (Wildman–Crippen MR) is 99.2 cm³/mol. The molecule has 7 nitrogen and oxygen atoms in total. The smallest absolute Gasteiger partial charge is 0.338 e. The highest BCUT2D eigenvalue weighted by Crippen LogP contribution is 2.27. The summed E-state index contributed by atoms with van der Waals surface area (Å²) >= 11 is 0. The Hall–Kier alpha value is -1.94. The van der Waals surface area contributed by atoms with E-state index >= 15 is 0 Å². The summed E-state index contributed by atoms with van der Waals surface area (Å²) in [5.74, 6) is -1.30. The molecule has 1 unspecified atom stereocenters. The van der Waals surface area contributed by atoms with E-state index in [0.29, 0.717) is 30.9 Å². The van der Waals surface area contributed by atoms with Crippen LogP contribution >= 0.6 is 12.4 Å². The van der Waals surface area contributed by atoms with Crippen molar-refractivity contribution in [2.24, 2.45) is 5.73 Å². The Labute approximate surface area is 166 Å². The van der Waals surface area contributed by atoms with Crippen molar-refractivity contribution in [3.63, 3.8) is 0 Å².